The molecule has 0 bridgehead atoms. The van der Waals surface area contributed by atoms with Crippen molar-refractivity contribution in [3.8, 4) is 5.75 Å². The molecule has 1 saturated heterocycles. The zero-order valence-corrected chi connectivity index (χ0v) is 38.3. The van der Waals surface area contributed by atoms with Crippen molar-refractivity contribution in [3.05, 3.63) is 53.1 Å². The molecule has 0 aromatic heterocycles. The molecule has 0 N–H and O–H groups in total. The highest BCUT2D eigenvalue weighted by Crippen LogP contribution is 2.62. The second kappa shape index (κ2) is 24.5. The van der Waals surface area contributed by atoms with Gasteiger partial charge in [-0.3, -0.25) is 0 Å². The van der Waals surface area contributed by atoms with Gasteiger partial charge < -0.3 is 14.5 Å². The molecule has 4 aliphatic rings. The summed E-state index contributed by atoms with van der Waals surface area (Å²) in [5, 5.41) is -1.26. The molecule has 8 heteroatoms. The first-order valence-corrected chi connectivity index (χ1v) is 23.4. The Morgan fingerprint density at radius 2 is 1.61 bits per heavy atom. The minimum Gasteiger partial charge on any atom is -0.410 e. The summed E-state index contributed by atoms with van der Waals surface area (Å²) in [6, 6.07) is 5.17. The molecule has 1 aromatic carbocycles. The Morgan fingerprint density at radius 3 is 2.12 bits per heavy atom. The zero-order valence-electron chi connectivity index (χ0n) is 37.5. The molecule has 4 nitrogen and oxygen atoms in total. The second-order valence-corrected chi connectivity index (χ2v) is 18.5. The van der Waals surface area contributed by atoms with Crippen LogP contribution in [0.5, 0.6) is 5.75 Å². The van der Waals surface area contributed by atoms with Crippen LogP contribution in [0, 0.1) is 24.2 Å². The Kier molecular flexibility index (Phi) is 23.0. The minimum atomic E-state index is -0.786. The van der Waals surface area contributed by atoms with E-state index in [4.69, 9.17) is 28.3 Å². The first-order valence-electron chi connectivity index (χ1n) is 22.0. The van der Waals surface area contributed by atoms with Crippen molar-refractivity contribution in [3.63, 3.8) is 0 Å². The zero-order chi connectivity index (χ0) is 41.6. The number of thioether (sulfide) groups is 1. The van der Waals surface area contributed by atoms with Gasteiger partial charge in [-0.2, -0.15) is 11.8 Å². The van der Waals surface area contributed by atoms with Crippen LogP contribution in [0.3, 0.4) is 0 Å². The van der Waals surface area contributed by atoms with Crippen molar-refractivity contribution in [1.29, 1.82) is 0 Å². The summed E-state index contributed by atoms with van der Waals surface area (Å²) in [5.74, 6) is 4.12. The van der Waals surface area contributed by atoms with E-state index in [9.17, 15) is 4.79 Å². The van der Waals surface area contributed by atoms with Gasteiger partial charge in [0.05, 0.1) is 23.5 Å². The molecule has 5 unspecified atom stereocenters. The quantitative estimate of drug-likeness (QED) is 0.120. The summed E-state index contributed by atoms with van der Waals surface area (Å²) >= 11 is 1.82. The van der Waals surface area contributed by atoms with Crippen LogP contribution in [0.15, 0.2) is 36.4 Å². The average molecular weight is 785 g/mol. The highest BCUT2D eigenvalue weighted by Gasteiger charge is 2.52. The van der Waals surface area contributed by atoms with Crippen molar-refractivity contribution in [1.82, 2.24) is 9.80 Å². The van der Waals surface area contributed by atoms with Crippen molar-refractivity contribution >= 4 is 41.4 Å². The fourth-order valence-corrected chi connectivity index (χ4v) is 9.64. The number of carbonyl (C=O) groups is 1. The molecule has 5 atom stereocenters. The number of carbonyl (C=O) groups excluding carboxylic acids is 1. The van der Waals surface area contributed by atoms with E-state index in [2.05, 4.69) is 71.1 Å². The lowest BCUT2D eigenvalue weighted by Gasteiger charge is -2.49. The summed E-state index contributed by atoms with van der Waals surface area (Å²) in [6.07, 6.45) is 16.9. The maximum Gasteiger partial charge on any atom is 0.415 e. The lowest BCUT2D eigenvalue weighted by molar-refractivity contribution is 0.0815. The van der Waals surface area contributed by atoms with Crippen molar-refractivity contribution in [2.75, 3.05) is 38.2 Å². The highest BCUT2D eigenvalue weighted by atomic mass is 32.2. The average Bonchev–Trinajstić information content (AvgIpc) is 3.46. The molecule has 312 valence electrons. The number of benzene rings is 1. The van der Waals surface area contributed by atoms with E-state index in [1.807, 2.05) is 44.4 Å². The minimum absolute atomic E-state index is 0. The molecular formula is C48H83B3N2O2S. The molecule has 0 spiro atoms. The Balaban J connectivity index is 0.000000657. The van der Waals surface area contributed by atoms with Gasteiger partial charge in [0.25, 0.3) is 0 Å². The van der Waals surface area contributed by atoms with E-state index in [0.29, 0.717) is 17.4 Å². The predicted octanol–water partition coefficient (Wildman–Crippen LogP) is 13.1. The predicted molar refractivity (Wildman–Crippen MR) is 253 cm³/mol. The van der Waals surface area contributed by atoms with E-state index < -0.39 is 10.5 Å². The number of allylic oxidation sites excluding steroid dienone is 2. The summed E-state index contributed by atoms with van der Waals surface area (Å²) < 4.78 is 6.04. The van der Waals surface area contributed by atoms with Crippen LogP contribution in [0.1, 0.15) is 169 Å². The van der Waals surface area contributed by atoms with Crippen LogP contribution in [-0.4, -0.2) is 83.7 Å². The fraction of sp³-hybridized carbons (Fsp3) is 0.771. The first kappa shape index (κ1) is 52.5. The molecule has 3 fully saturated rings. The number of ether oxygens (including phenoxy) is 1. The second-order valence-electron chi connectivity index (χ2n) is 17.6. The summed E-state index contributed by atoms with van der Waals surface area (Å²) in [6.45, 7) is 33.0. The maximum atomic E-state index is 13.1. The normalized spacial score (nSPS) is 23.9. The summed E-state index contributed by atoms with van der Waals surface area (Å²) in [4.78, 5) is 17.7. The van der Waals surface area contributed by atoms with E-state index in [-0.39, 0.29) is 13.5 Å². The van der Waals surface area contributed by atoms with Gasteiger partial charge in [0.2, 0.25) is 0 Å². The smallest absolute Gasteiger partial charge is 0.410 e. The summed E-state index contributed by atoms with van der Waals surface area (Å²) in [7, 11) is 17.5. The van der Waals surface area contributed by atoms with Gasteiger partial charge in [-0.25, -0.2) is 4.79 Å². The number of piperidine rings is 1. The lowest BCUT2D eigenvalue weighted by atomic mass is 9.37. The summed E-state index contributed by atoms with van der Waals surface area (Å²) in [5.41, 5.74) is 7.18. The third-order valence-electron chi connectivity index (χ3n) is 13.3. The number of nitrogens with zero attached hydrogens (tertiary/aromatic N) is 2. The maximum absolute atomic E-state index is 13.1. The van der Waals surface area contributed by atoms with Gasteiger partial charge >= 0.3 is 6.09 Å². The van der Waals surface area contributed by atoms with Crippen molar-refractivity contribution < 1.29 is 9.53 Å². The number of hydrogen-bond acceptors (Lipinski definition) is 4. The molecule has 1 aromatic rings. The largest absolute Gasteiger partial charge is 0.415 e. The fourth-order valence-electron chi connectivity index (χ4n) is 9.21. The van der Waals surface area contributed by atoms with E-state index >= 15 is 0 Å². The number of likely N-dealkylation sites (tertiary alicyclic amines) is 1. The molecule has 1 amide bonds. The number of rotatable bonds is 12. The third-order valence-corrected chi connectivity index (χ3v) is 14.0. The topological polar surface area (TPSA) is 32.8 Å². The number of hydrogen-bond donors (Lipinski definition) is 0. The molecule has 3 aliphatic carbocycles. The van der Waals surface area contributed by atoms with Gasteiger partial charge in [0.15, 0.2) is 0 Å². The Morgan fingerprint density at radius 1 is 1.02 bits per heavy atom. The Labute approximate surface area is 356 Å². The molecule has 2 saturated carbocycles. The molecule has 5 rings (SSSR count). The van der Waals surface area contributed by atoms with E-state index in [1.54, 1.807) is 6.92 Å². The van der Waals surface area contributed by atoms with Crippen LogP contribution < -0.4 is 4.74 Å². The number of amides is 1. The number of fused-ring (bicyclic) bond motifs is 5. The standard InChI is InChI=1S/C32H48N2O2.C8H15B3S.C5H10.C2H6.CH4/c1-6-16-33(17-7-2)25-13-18-34(19-14-25)31(35)36-30-21-24-9-10-27-26(28(24)20-22(30)3)12-15-32(5)23(4)8-11-29(27)32;1-7(9,8(2,10)11)5-4-6-12-3;1-4-5(2)3;1-2;/h20-21,25-27,29H,4,6-19H2,1-3,5H3;4-6H2,1-3H3;2,4H2,1,3H3;1-2H3;1H4. The Bertz CT molecular complexity index is 1350. The van der Waals surface area contributed by atoms with Crippen LogP contribution >= 0.6 is 11.8 Å². The lowest BCUT2D eigenvalue weighted by Crippen LogP contribution is -2.48. The number of aryl methyl sites for hydroxylation is 2. The van der Waals surface area contributed by atoms with Crippen LogP contribution in [0.2, 0.25) is 10.5 Å². The Hall–Kier alpha value is -1.53. The molecule has 1 aliphatic heterocycles. The van der Waals surface area contributed by atoms with Gasteiger partial charge in [-0.15, -0.1) is 11.8 Å². The van der Waals surface area contributed by atoms with Crippen molar-refractivity contribution in [2.45, 2.75) is 183 Å². The van der Waals surface area contributed by atoms with E-state index in [1.165, 1.54) is 67.2 Å². The highest BCUT2D eigenvalue weighted by molar-refractivity contribution is 7.98. The van der Waals surface area contributed by atoms with Gasteiger partial charge in [0.1, 0.15) is 5.75 Å². The first-order chi connectivity index (χ1) is 25.9. The van der Waals surface area contributed by atoms with Crippen molar-refractivity contribution in [2.24, 2.45) is 17.3 Å². The van der Waals surface area contributed by atoms with Crippen LogP contribution in [-0.2, 0) is 6.42 Å². The van der Waals surface area contributed by atoms with Crippen LogP contribution in [0.4, 0.5) is 4.79 Å². The molecule has 1 heterocycles. The van der Waals surface area contributed by atoms with Gasteiger partial charge in [-0.05, 0) is 162 Å². The third kappa shape index (κ3) is 14.1. The monoisotopic (exact) mass is 785 g/mol. The SMILES string of the molecule is C.C=C(C)CC.C=C1CCC2C3CCc4cc(OC(=O)N5CCC(N(CCC)CCC)CC5)c(C)cc4C3CCC12C.CC.[B]C([B])(C)C([B])(C)CCCSC. The van der Waals surface area contributed by atoms with E-state index in [0.717, 1.165) is 93.6 Å². The molecular weight excluding hydrogens is 701 g/mol. The molecule has 56 heavy (non-hydrogen) atoms. The van der Waals surface area contributed by atoms with Gasteiger partial charge in [-0.1, -0.05) is 98.3 Å². The molecule has 6 radical (unpaired) electrons. The van der Waals surface area contributed by atoms with Crippen LogP contribution in [0.25, 0.3) is 0 Å². The van der Waals surface area contributed by atoms with Gasteiger partial charge in [0, 0.05) is 19.1 Å².